The average molecular weight is 744 g/mol. The molecule has 2 aliphatic heterocycles. The molecule has 290 valence electrons. The van der Waals surface area contributed by atoms with Crippen LogP contribution in [0.2, 0.25) is 0 Å². The maximum absolute atomic E-state index is 13.8. The van der Waals surface area contributed by atoms with Gasteiger partial charge in [-0.2, -0.15) is 8.78 Å². The highest BCUT2D eigenvalue weighted by atomic mass is 19.3. The van der Waals surface area contributed by atoms with E-state index >= 15 is 0 Å². The van der Waals surface area contributed by atoms with Crippen LogP contribution in [0.1, 0.15) is 44.7 Å². The lowest BCUT2D eigenvalue weighted by Crippen LogP contribution is -2.60. The van der Waals surface area contributed by atoms with Crippen LogP contribution >= 0.6 is 0 Å². The Morgan fingerprint density at radius 3 is 1.92 bits per heavy atom. The number of aryl methyl sites for hydroxylation is 1. The van der Waals surface area contributed by atoms with Crippen molar-refractivity contribution in [3.8, 4) is 0 Å². The SMILES string of the molecule is CC(C)C[C@H](NC(=O)[C@H](Cc1ccccc1)NC(=O)[C@H](COC(F)F)NC(=O)[C@H](CCc1ccccc1)NC(=O)CN1CCOCC1)C(=O)[C@]1(C)CO1. The third kappa shape index (κ3) is 13.9. The first-order valence-corrected chi connectivity index (χ1v) is 18.0. The molecule has 2 saturated heterocycles. The van der Waals surface area contributed by atoms with Crippen LogP contribution in [0.25, 0.3) is 0 Å². The lowest BCUT2D eigenvalue weighted by Gasteiger charge is -2.28. The molecular weight excluding hydrogens is 692 g/mol. The Morgan fingerprint density at radius 1 is 0.792 bits per heavy atom. The molecule has 2 fully saturated rings. The van der Waals surface area contributed by atoms with E-state index in [-0.39, 0.29) is 37.7 Å². The maximum atomic E-state index is 13.8. The van der Waals surface area contributed by atoms with Crippen molar-refractivity contribution in [1.82, 2.24) is 26.2 Å². The van der Waals surface area contributed by atoms with Crippen LogP contribution in [0.4, 0.5) is 8.78 Å². The summed E-state index contributed by atoms with van der Waals surface area (Å²) in [4.78, 5) is 69.7. The minimum Gasteiger partial charge on any atom is -0.379 e. The fourth-order valence-corrected chi connectivity index (χ4v) is 5.98. The molecule has 0 bridgehead atoms. The number of Topliss-reactive ketones (excluding diaryl/α,β-unsaturated/α-hetero) is 1. The summed E-state index contributed by atoms with van der Waals surface area (Å²) in [5.74, 6) is -3.14. The molecule has 0 saturated carbocycles. The zero-order chi connectivity index (χ0) is 38.4. The summed E-state index contributed by atoms with van der Waals surface area (Å²) in [7, 11) is 0. The molecular formula is C38H51F2N5O8. The number of halogens is 2. The van der Waals surface area contributed by atoms with Gasteiger partial charge >= 0.3 is 6.61 Å². The molecule has 15 heteroatoms. The summed E-state index contributed by atoms with van der Waals surface area (Å²) >= 11 is 0. The molecule has 2 aromatic carbocycles. The summed E-state index contributed by atoms with van der Waals surface area (Å²) in [6, 6.07) is 13.1. The number of carbonyl (C=O) groups is 5. The number of hydrogen-bond acceptors (Lipinski definition) is 9. The zero-order valence-corrected chi connectivity index (χ0v) is 30.5. The molecule has 2 aliphatic rings. The third-order valence-electron chi connectivity index (χ3n) is 9.06. The third-order valence-corrected chi connectivity index (χ3v) is 9.06. The Balaban J connectivity index is 1.52. The number of epoxide rings is 1. The highest BCUT2D eigenvalue weighted by Gasteiger charge is 2.50. The van der Waals surface area contributed by atoms with Gasteiger partial charge in [0.05, 0.1) is 39.0 Å². The molecule has 4 N–H and O–H groups in total. The topological polar surface area (TPSA) is 168 Å². The van der Waals surface area contributed by atoms with Crippen molar-refractivity contribution in [2.75, 3.05) is 46.1 Å². The predicted octanol–water partition coefficient (Wildman–Crippen LogP) is 1.78. The van der Waals surface area contributed by atoms with Crippen LogP contribution < -0.4 is 21.3 Å². The van der Waals surface area contributed by atoms with E-state index in [4.69, 9.17) is 9.47 Å². The molecule has 0 aromatic heterocycles. The minimum absolute atomic E-state index is 0.0115. The van der Waals surface area contributed by atoms with Gasteiger partial charge in [0.2, 0.25) is 23.6 Å². The van der Waals surface area contributed by atoms with Gasteiger partial charge in [-0.05, 0) is 43.2 Å². The van der Waals surface area contributed by atoms with Crippen LogP contribution in [-0.2, 0) is 51.0 Å². The Labute approximate surface area is 308 Å². The number of benzene rings is 2. The molecule has 13 nitrogen and oxygen atoms in total. The second-order valence-electron chi connectivity index (χ2n) is 14.0. The fourth-order valence-electron chi connectivity index (χ4n) is 5.98. The number of alkyl halides is 2. The summed E-state index contributed by atoms with van der Waals surface area (Å²) in [6.45, 7) is 3.53. The van der Waals surface area contributed by atoms with E-state index in [0.717, 1.165) is 5.56 Å². The van der Waals surface area contributed by atoms with Crippen molar-refractivity contribution in [3.63, 3.8) is 0 Å². The van der Waals surface area contributed by atoms with E-state index in [1.807, 2.05) is 49.1 Å². The standard InChI is InChI=1S/C38H51F2N5O8/c1-25(2)20-29(33(47)38(3)24-53-38)42-35(49)30(21-27-12-8-5-9-13-27)43-36(50)31(23-52-37(39)40)44-34(48)28(15-14-26-10-6-4-7-11-26)41-32(46)22-45-16-18-51-19-17-45/h4-13,25,28-31,37H,14-24H2,1-3H3,(H,41,46)(H,42,49)(H,43,50)(H,44,48)/t28-,29-,30-,31-,38-/m0/s1. The molecule has 5 atom stereocenters. The van der Waals surface area contributed by atoms with Crippen molar-refractivity contribution in [1.29, 1.82) is 0 Å². The second-order valence-corrected chi connectivity index (χ2v) is 14.0. The number of hydrogen-bond donors (Lipinski definition) is 4. The number of nitrogens with one attached hydrogen (secondary N) is 4. The van der Waals surface area contributed by atoms with Gasteiger partial charge in [0.25, 0.3) is 0 Å². The molecule has 53 heavy (non-hydrogen) atoms. The van der Waals surface area contributed by atoms with E-state index in [0.29, 0.717) is 44.7 Å². The number of ether oxygens (including phenoxy) is 3. The normalized spacial score (nSPS) is 19.5. The first kappa shape index (κ1) is 41.4. The van der Waals surface area contributed by atoms with Gasteiger partial charge in [-0.15, -0.1) is 0 Å². The van der Waals surface area contributed by atoms with Gasteiger partial charge < -0.3 is 35.5 Å². The van der Waals surface area contributed by atoms with Crippen molar-refractivity contribution in [3.05, 3.63) is 71.8 Å². The molecule has 0 unspecified atom stereocenters. The zero-order valence-electron chi connectivity index (χ0n) is 30.5. The Hall–Kier alpha value is -4.31. The minimum atomic E-state index is -3.26. The molecule has 4 rings (SSSR count). The van der Waals surface area contributed by atoms with Gasteiger partial charge in [0.1, 0.15) is 23.7 Å². The molecule has 0 radical (unpaired) electrons. The summed E-state index contributed by atoms with van der Waals surface area (Å²) in [5.41, 5.74) is 0.557. The van der Waals surface area contributed by atoms with Crippen molar-refractivity contribution in [2.24, 2.45) is 5.92 Å². The smallest absolute Gasteiger partial charge is 0.345 e. The van der Waals surface area contributed by atoms with E-state index in [1.165, 1.54) is 0 Å². The monoisotopic (exact) mass is 743 g/mol. The largest absolute Gasteiger partial charge is 0.379 e. The van der Waals surface area contributed by atoms with Gasteiger partial charge in [0.15, 0.2) is 5.78 Å². The van der Waals surface area contributed by atoms with Gasteiger partial charge in [0, 0.05) is 19.5 Å². The van der Waals surface area contributed by atoms with E-state index in [1.54, 1.807) is 37.3 Å². The fraction of sp³-hybridized carbons (Fsp3) is 0.553. The number of amides is 4. The molecule has 0 spiro atoms. The second kappa shape index (κ2) is 20.2. The van der Waals surface area contributed by atoms with Crippen LogP contribution in [-0.4, -0.2) is 117 Å². The molecule has 4 amide bonds. The first-order chi connectivity index (χ1) is 25.3. The van der Waals surface area contributed by atoms with E-state index < -0.39 is 66.6 Å². The van der Waals surface area contributed by atoms with Gasteiger partial charge in [-0.3, -0.25) is 28.9 Å². The summed E-state index contributed by atoms with van der Waals surface area (Å²) in [6.07, 6.45) is 0.836. The quantitative estimate of drug-likeness (QED) is 0.140. The highest BCUT2D eigenvalue weighted by molar-refractivity contribution is 5.98. The lowest BCUT2D eigenvalue weighted by atomic mass is 9.93. The lowest BCUT2D eigenvalue weighted by molar-refractivity contribution is -0.148. The average Bonchev–Trinajstić information content (AvgIpc) is 3.89. The number of ketones is 1. The number of rotatable bonds is 21. The summed E-state index contributed by atoms with van der Waals surface area (Å²) in [5, 5.41) is 10.6. The number of morpholine rings is 1. The predicted molar refractivity (Wildman–Crippen MR) is 191 cm³/mol. The van der Waals surface area contributed by atoms with Gasteiger partial charge in [-0.25, -0.2) is 0 Å². The van der Waals surface area contributed by atoms with Crippen LogP contribution in [0, 0.1) is 5.92 Å². The van der Waals surface area contributed by atoms with Crippen LogP contribution in [0.3, 0.4) is 0 Å². The van der Waals surface area contributed by atoms with Crippen molar-refractivity contribution in [2.45, 2.75) is 82.8 Å². The van der Waals surface area contributed by atoms with Crippen molar-refractivity contribution < 1.29 is 47.0 Å². The number of nitrogens with zero attached hydrogens (tertiary/aromatic N) is 1. The van der Waals surface area contributed by atoms with Crippen LogP contribution in [0.5, 0.6) is 0 Å². The Kier molecular flexibility index (Phi) is 15.8. The molecule has 2 aromatic rings. The maximum Gasteiger partial charge on any atom is 0.345 e. The Morgan fingerprint density at radius 2 is 1.34 bits per heavy atom. The summed E-state index contributed by atoms with van der Waals surface area (Å²) < 4.78 is 41.8. The Bertz CT molecular complexity index is 1510. The van der Waals surface area contributed by atoms with Gasteiger partial charge in [-0.1, -0.05) is 74.5 Å². The van der Waals surface area contributed by atoms with Crippen LogP contribution in [0.15, 0.2) is 60.7 Å². The molecule has 0 aliphatic carbocycles. The van der Waals surface area contributed by atoms with E-state index in [2.05, 4.69) is 26.0 Å². The highest BCUT2D eigenvalue weighted by Crippen LogP contribution is 2.29. The number of carbonyl (C=O) groups excluding carboxylic acids is 5. The first-order valence-electron chi connectivity index (χ1n) is 18.0. The van der Waals surface area contributed by atoms with Crippen molar-refractivity contribution >= 4 is 29.4 Å². The molecule has 2 heterocycles. The van der Waals surface area contributed by atoms with E-state index in [9.17, 15) is 32.8 Å².